The molecule has 5 rings (SSSR count). The van der Waals surface area contributed by atoms with Gasteiger partial charge in [-0.1, -0.05) is 35.5 Å². The van der Waals surface area contributed by atoms with Gasteiger partial charge in [0.1, 0.15) is 10.7 Å². The number of carbonyl (C=O) groups excluding carboxylic acids is 1. The van der Waals surface area contributed by atoms with Crippen molar-refractivity contribution in [3.8, 4) is 22.7 Å². The van der Waals surface area contributed by atoms with Crippen molar-refractivity contribution in [3.63, 3.8) is 0 Å². The molecule has 0 unspecified atom stereocenters. The Bertz CT molecular complexity index is 1180. The molecule has 1 aromatic carbocycles. The Labute approximate surface area is 169 Å². The van der Waals surface area contributed by atoms with E-state index in [0.29, 0.717) is 41.3 Å². The van der Waals surface area contributed by atoms with Crippen molar-refractivity contribution in [2.45, 2.75) is 20.0 Å². The molecule has 3 aromatic heterocycles. The minimum Gasteiger partial charge on any atom is -0.376 e. The highest BCUT2D eigenvalue weighted by Gasteiger charge is 2.27. The van der Waals surface area contributed by atoms with Gasteiger partial charge >= 0.3 is 0 Å². The number of aromatic nitrogens is 4. The van der Waals surface area contributed by atoms with Crippen LogP contribution in [0.1, 0.15) is 26.8 Å². The Hall–Kier alpha value is -3.30. The van der Waals surface area contributed by atoms with Crippen molar-refractivity contribution in [2.24, 2.45) is 0 Å². The number of nitrogens with one attached hydrogen (secondary N) is 2. The fourth-order valence-corrected chi connectivity index (χ4v) is 4.48. The summed E-state index contributed by atoms with van der Waals surface area (Å²) in [5.41, 5.74) is 3.90. The highest BCUT2D eigenvalue weighted by molar-refractivity contribution is 7.17. The average Bonchev–Trinajstić information content (AvgIpc) is 3.46. The number of amides is 1. The van der Waals surface area contributed by atoms with Gasteiger partial charge in [0, 0.05) is 10.4 Å². The van der Waals surface area contributed by atoms with Crippen LogP contribution in [0.2, 0.25) is 0 Å². The quantitative estimate of drug-likeness (QED) is 0.533. The van der Waals surface area contributed by atoms with E-state index >= 15 is 0 Å². The second-order valence-electron chi connectivity index (χ2n) is 6.64. The molecule has 0 spiro atoms. The van der Waals surface area contributed by atoms with E-state index in [1.165, 1.54) is 11.3 Å². The normalized spacial score (nSPS) is 13.3. The van der Waals surface area contributed by atoms with E-state index in [1.54, 1.807) is 13.0 Å². The zero-order valence-electron chi connectivity index (χ0n) is 15.6. The zero-order chi connectivity index (χ0) is 19.8. The van der Waals surface area contributed by atoms with Gasteiger partial charge < -0.3 is 14.6 Å². The maximum atomic E-state index is 12.9. The Kier molecular flexibility index (Phi) is 4.45. The van der Waals surface area contributed by atoms with E-state index in [0.717, 1.165) is 28.0 Å². The summed E-state index contributed by atoms with van der Waals surface area (Å²) in [7, 11) is 0. The van der Waals surface area contributed by atoms with Gasteiger partial charge in [0.15, 0.2) is 5.82 Å². The van der Waals surface area contributed by atoms with Crippen molar-refractivity contribution in [2.75, 3.05) is 11.9 Å². The molecule has 0 fully saturated rings. The molecule has 0 saturated heterocycles. The monoisotopic (exact) mass is 407 g/mol. The number of carbonyl (C=O) groups is 1. The molecule has 8 nitrogen and oxygen atoms in total. The minimum atomic E-state index is -0.281. The highest BCUT2D eigenvalue weighted by Crippen LogP contribution is 2.42. The highest BCUT2D eigenvalue weighted by atomic mass is 32.1. The lowest BCUT2D eigenvalue weighted by Gasteiger charge is -2.12. The number of thiophene rings is 1. The number of H-pyrrole nitrogens is 1. The Balaban J connectivity index is 1.47. The van der Waals surface area contributed by atoms with E-state index < -0.39 is 0 Å². The molecule has 4 aromatic rings. The molecule has 1 aliphatic rings. The molecule has 1 amide bonds. The van der Waals surface area contributed by atoms with Gasteiger partial charge in [0.25, 0.3) is 11.8 Å². The second-order valence-corrected chi connectivity index (χ2v) is 7.75. The van der Waals surface area contributed by atoms with Crippen LogP contribution < -0.4 is 5.32 Å². The molecular weight excluding hydrogens is 390 g/mol. The van der Waals surface area contributed by atoms with Crippen molar-refractivity contribution in [1.82, 2.24) is 20.3 Å². The Morgan fingerprint density at radius 3 is 2.93 bits per heavy atom. The van der Waals surface area contributed by atoms with Crippen molar-refractivity contribution in [3.05, 3.63) is 58.4 Å². The molecule has 9 heteroatoms. The molecular formula is C20H17N5O3S. The van der Waals surface area contributed by atoms with E-state index in [2.05, 4.69) is 25.7 Å². The summed E-state index contributed by atoms with van der Waals surface area (Å²) in [4.78, 5) is 18.3. The number of aromatic amines is 1. The molecule has 146 valence electrons. The standard InChI is InChI=1S/C20H17N5O3S/c1-11-21-19(28-25-11)17-13-7-8-27-10-16(13)29-20(17)22-18(26)15-9-14(23-24-15)12-5-3-2-4-6-12/h2-6,9H,7-8,10H2,1H3,(H,22,26)(H,23,24). The van der Waals surface area contributed by atoms with Crippen molar-refractivity contribution in [1.29, 1.82) is 0 Å². The van der Waals surface area contributed by atoms with Crippen LogP contribution >= 0.6 is 11.3 Å². The maximum Gasteiger partial charge on any atom is 0.274 e. The Morgan fingerprint density at radius 2 is 2.14 bits per heavy atom. The molecule has 29 heavy (non-hydrogen) atoms. The van der Waals surface area contributed by atoms with Gasteiger partial charge in [-0.15, -0.1) is 11.3 Å². The van der Waals surface area contributed by atoms with Crippen LogP contribution in [0, 0.1) is 6.92 Å². The van der Waals surface area contributed by atoms with E-state index in [4.69, 9.17) is 9.26 Å². The van der Waals surface area contributed by atoms with Gasteiger partial charge in [-0.2, -0.15) is 10.1 Å². The van der Waals surface area contributed by atoms with Crippen LogP contribution in [0.5, 0.6) is 0 Å². The fraction of sp³-hybridized carbons (Fsp3) is 0.200. The summed E-state index contributed by atoms with van der Waals surface area (Å²) < 4.78 is 11.0. The molecule has 0 aliphatic carbocycles. The summed E-state index contributed by atoms with van der Waals surface area (Å²) in [6.45, 7) is 2.90. The summed E-state index contributed by atoms with van der Waals surface area (Å²) in [5.74, 6) is 0.675. The van der Waals surface area contributed by atoms with Gasteiger partial charge in [-0.25, -0.2) is 0 Å². The van der Waals surface area contributed by atoms with Crippen LogP contribution in [0.3, 0.4) is 0 Å². The van der Waals surface area contributed by atoms with Crippen molar-refractivity contribution < 1.29 is 14.1 Å². The number of benzene rings is 1. The molecule has 4 heterocycles. The topological polar surface area (TPSA) is 106 Å². The van der Waals surface area contributed by atoms with Crippen LogP contribution in [-0.4, -0.2) is 32.9 Å². The van der Waals surface area contributed by atoms with Crippen LogP contribution in [0.25, 0.3) is 22.7 Å². The number of fused-ring (bicyclic) bond motifs is 1. The van der Waals surface area contributed by atoms with Gasteiger partial charge in [-0.3, -0.25) is 9.89 Å². The third-order valence-corrected chi connectivity index (χ3v) is 5.80. The second kappa shape index (κ2) is 7.26. The third kappa shape index (κ3) is 3.34. The number of nitrogens with zero attached hydrogens (tertiary/aromatic N) is 3. The number of anilines is 1. The van der Waals surface area contributed by atoms with E-state index in [9.17, 15) is 4.79 Å². The van der Waals surface area contributed by atoms with Crippen LogP contribution in [0.15, 0.2) is 40.9 Å². The minimum absolute atomic E-state index is 0.281. The molecule has 0 atom stereocenters. The maximum absolute atomic E-state index is 12.9. The fourth-order valence-electron chi connectivity index (χ4n) is 3.31. The van der Waals surface area contributed by atoms with Gasteiger partial charge in [0.05, 0.1) is 24.5 Å². The predicted molar refractivity (Wildman–Crippen MR) is 108 cm³/mol. The lowest BCUT2D eigenvalue weighted by Crippen LogP contribution is -2.12. The predicted octanol–water partition coefficient (Wildman–Crippen LogP) is 3.82. The SMILES string of the molecule is Cc1noc(-c2c(NC(=O)c3cc(-c4ccccc4)n[nH]3)sc3c2CCOC3)n1. The van der Waals surface area contributed by atoms with E-state index in [1.807, 2.05) is 30.3 Å². The number of ether oxygens (including phenoxy) is 1. The average molecular weight is 407 g/mol. The number of aryl methyl sites for hydroxylation is 1. The molecule has 1 aliphatic heterocycles. The van der Waals surface area contributed by atoms with Crippen LogP contribution in [-0.2, 0) is 17.8 Å². The first-order valence-corrected chi connectivity index (χ1v) is 9.96. The first-order chi connectivity index (χ1) is 14.2. The summed E-state index contributed by atoms with van der Waals surface area (Å²) in [5, 5.41) is 14.6. The number of hydrogen-bond acceptors (Lipinski definition) is 7. The molecule has 0 saturated carbocycles. The zero-order valence-corrected chi connectivity index (χ0v) is 16.4. The summed E-state index contributed by atoms with van der Waals surface area (Å²) in [6, 6.07) is 11.4. The van der Waals surface area contributed by atoms with Crippen molar-refractivity contribution >= 4 is 22.2 Å². The first kappa shape index (κ1) is 17.8. The van der Waals surface area contributed by atoms with E-state index in [-0.39, 0.29) is 5.91 Å². The molecule has 0 bridgehead atoms. The van der Waals surface area contributed by atoms with Crippen LogP contribution in [0.4, 0.5) is 5.00 Å². The first-order valence-electron chi connectivity index (χ1n) is 9.14. The molecule has 2 N–H and O–H groups in total. The molecule has 0 radical (unpaired) electrons. The smallest absolute Gasteiger partial charge is 0.274 e. The third-order valence-electron chi connectivity index (χ3n) is 4.68. The lowest BCUT2D eigenvalue weighted by atomic mass is 10.1. The number of rotatable bonds is 4. The van der Waals surface area contributed by atoms with Gasteiger partial charge in [0.2, 0.25) is 0 Å². The summed E-state index contributed by atoms with van der Waals surface area (Å²) in [6.07, 6.45) is 0.737. The lowest BCUT2D eigenvalue weighted by molar-refractivity contribution is 0.102. The number of hydrogen-bond donors (Lipinski definition) is 2. The summed E-state index contributed by atoms with van der Waals surface area (Å²) >= 11 is 1.47. The Morgan fingerprint density at radius 1 is 1.28 bits per heavy atom. The van der Waals surface area contributed by atoms with Gasteiger partial charge in [-0.05, 0) is 25.0 Å². The largest absolute Gasteiger partial charge is 0.376 e.